The van der Waals surface area contributed by atoms with Crippen LogP contribution in [0.1, 0.15) is 19.4 Å². The second-order valence-electron chi connectivity index (χ2n) is 5.46. The van der Waals surface area contributed by atoms with Crippen molar-refractivity contribution in [2.45, 2.75) is 26.3 Å². The molecule has 120 valence electrons. The zero-order valence-electron chi connectivity index (χ0n) is 12.7. The molecule has 7 nitrogen and oxygen atoms in total. The summed E-state index contributed by atoms with van der Waals surface area (Å²) in [5, 5.41) is 5.26. The minimum atomic E-state index is -0.704. The fourth-order valence-electron chi connectivity index (χ4n) is 2.22. The number of urea groups is 1. The van der Waals surface area contributed by atoms with E-state index < -0.39 is 12.1 Å². The first-order valence-corrected chi connectivity index (χ1v) is 7.19. The molecule has 0 radical (unpaired) electrons. The van der Waals surface area contributed by atoms with Gasteiger partial charge >= 0.3 is 6.03 Å². The van der Waals surface area contributed by atoms with Gasteiger partial charge in [0.1, 0.15) is 6.04 Å². The van der Waals surface area contributed by atoms with Crippen molar-refractivity contribution in [3.8, 4) is 11.5 Å². The van der Waals surface area contributed by atoms with E-state index >= 15 is 0 Å². The molecular weight excluding hydrogens is 286 g/mol. The highest BCUT2D eigenvalue weighted by Crippen LogP contribution is 2.32. The van der Waals surface area contributed by atoms with E-state index in [1.54, 1.807) is 0 Å². The molecule has 0 aromatic heterocycles. The van der Waals surface area contributed by atoms with Gasteiger partial charge in [0.25, 0.3) is 0 Å². The van der Waals surface area contributed by atoms with Crippen molar-refractivity contribution in [2.24, 2.45) is 11.7 Å². The van der Waals surface area contributed by atoms with Crippen LogP contribution in [0.15, 0.2) is 18.2 Å². The topological polar surface area (TPSA) is 103 Å². The lowest BCUT2D eigenvalue weighted by atomic mass is 10.0. The van der Waals surface area contributed by atoms with Crippen LogP contribution in [0.2, 0.25) is 0 Å². The van der Waals surface area contributed by atoms with Gasteiger partial charge in [0.05, 0.1) is 0 Å². The number of amides is 3. The van der Waals surface area contributed by atoms with Crippen molar-refractivity contribution in [3.05, 3.63) is 23.8 Å². The predicted octanol–water partition coefficient (Wildman–Crippen LogP) is 0.767. The third kappa shape index (κ3) is 4.03. The molecule has 0 bridgehead atoms. The third-order valence-electron chi connectivity index (χ3n) is 3.40. The minimum absolute atomic E-state index is 0.0435. The van der Waals surface area contributed by atoms with E-state index in [0.29, 0.717) is 13.0 Å². The Balaban J connectivity index is 1.84. The number of benzene rings is 1. The number of rotatable bonds is 6. The molecule has 1 aliphatic heterocycles. The van der Waals surface area contributed by atoms with Gasteiger partial charge in [-0.3, -0.25) is 4.79 Å². The maximum absolute atomic E-state index is 12.1. The van der Waals surface area contributed by atoms with Crippen LogP contribution in [0.4, 0.5) is 4.79 Å². The van der Waals surface area contributed by atoms with E-state index in [2.05, 4.69) is 10.6 Å². The van der Waals surface area contributed by atoms with Gasteiger partial charge < -0.3 is 25.8 Å². The fraction of sp³-hybridized carbons (Fsp3) is 0.467. The Labute approximate surface area is 129 Å². The Kier molecular flexibility index (Phi) is 5.08. The molecule has 0 aliphatic carbocycles. The van der Waals surface area contributed by atoms with Crippen LogP contribution in [-0.4, -0.2) is 31.3 Å². The Morgan fingerprint density at radius 2 is 2.00 bits per heavy atom. The van der Waals surface area contributed by atoms with E-state index in [9.17, 15) is 9.59 Å². The van der Waals surface area contributed by atoms with E-state index in [0.717, 1.165) is 17.1 Å². The summed E-state index contributed by atoms with van der Waals surface area (Å²) in [6, 6.07) is 4.35. The number of ether oxygens (including phenoxy) is 2. The normalized spacial score (nSPS) is 13.8. The molecule has 0 saturated heterocycles. The van der Waals surface area contributed by atoms with E-state index in [4.69, 9.17) is 15.2 Å². The Bertz CT molecular complexity index is 560. The Hall–Kier alpha value is -2.44. The zero-order chi connectivity index (χ0) is 16.1. The molecule has 4 N–H and O–H groups in total. The standard InChI is InChI=1S/C15H21N3O4/c1-9(2)13(18-15(16)20)14(19)17-6-5-10-3-4-11-12(7-10)22-8-21-11/h3-4,7,9,13H,5-6,8H2,1-2H3,(H,17,19)(H3,16,18,20)/t13-/m1/s1. The maximum atomic E-state index is 12.1. The second kappa shape index (κ2) is 7.02. The number of nitrogens with two attached hydrogens (primary N) is 1. The molecule has 7 heteroatoms. The summed E-state index contributed by atoms with van der Waals surface area (Å²) in [6.07, 6.45) is 0.657. The number of nitrogens with one attached hydrogen (secondary N) is 2. The number of primary amides is 1. The SMILES string of the molecule is CC(C)[C@@H](NC(N)=O)C(=O)NCCc1ccc2c(c1)OCO2. The smallest absolute Gasteiger partial charge is 0.312 e. The first-order valence-electron chi connectivity index (χ1n) is 7.19. The number of hydrogen-bond donors (Lipinski definition) is 3. The van der Waals surface area contributed by atoms with Crippen molar-refractivity contribution in [1.29, 1.82) is 0 Å². The van der Waals surface area contributed by atoms with Crippen LogP contribution in [0.5, 0.6) is 11.5 Å². The molecule has 22 heavy (non-hydrogen) atoms. The van der Waals surface area contributed by atoms with Gasteiger partial charge in [-0.1, -0.05) is 19.9 Å². The molecule has 1 heterocycles. The molecule has 0 spiro atoms. The molecule has 1 aromatic rings. The molecule has 2 rings (SSSR count). The van der Waals surface area contributed by atoms with Crippen molar-refractivity contribution < 1.29 is 19.1 Å². The molecule has 0 fully saturated rings. The lowest BCUT2D eigenvalue weighted by Crippen LogP contribution is -2.51. The van der Waals surface area contributed by atoms with E-state index in [1.807, 2.05) is 32.0 Å². The summed E-state index contributed by atoms with van der Waals surface area (Å²) in [4.78, 5) is 23.0. The average Bonchev–Trinajstić information content (AvgIpc) is 2.91. The Morgan fingerprint density at radius 3 is 2.68 bits per heavy atom. The summed E-state index contributed by atoms with van der Waals surface area (Å²) in [5.74, 6) is 1.17. The summed E-state index contributed by atoms with van der Waals surface area (Å²) in [5.41, 5.74) is 6.12. The molecular formula is C15H21N3O4. The molecule has 0 saturated carbocycles. The van der Waals surface area contributed by atoms with Crippen molar-refractivity contribution >= 4 is 11.9 Å². The lowest BCUT2D eigenvalue weighted by Gasteiger charge is -2.20. The molecule has 3 amide bonds. The summed E-state index contributed by atoms with van der Waals surface area (Å²) >= 11 is 0. The Morgan fingerprint density at radius 1 is 1.27 bits per heavy atom. The van der Waals surface area contributed by atoms with Crippen molar-refractivity contribution in [1.82, 2.24) is 10.6 Å². The molecule has 0 unspecified atom stereocenters. The quantitative estimate of drug-likeness (QED) is 0.722. The maximum Gasteiger partial charge on any atom is 0.312 e. The van der Waals surface area contributed by atoms with Crippen LogP contribution < -0.4 is 25.8 Å². The zero-order valence-corrected chi connectivity index (χ0v) is 12.7. The van der Waals surface area contributed by atoms with Gasteiger partial charge in [-0.25, -0.2) is 4.79 Å². The summed E-state index contributed by atoms with van der Waals surface area (Å²) < 4.78 is 10.6. The number of carbonyl (C=O) groups excluding carboxylic acids is 2. The van der Waals surface area contributed by atoms with E-state index in [-0.39, 0.29) is 18.6 Å². The van der Waals surface area contributed by atoms with Crippen LogP contribution in [0.25, 0.3) is 0 Å². The highest BCUT2D eigenvalue weighted by Gasteiger charge is 2.22. The third-order valence-corrected chi connectivity index (χ3v) is 3.40. The predicted molar refractivity (Wildman–Crippen MR) is 80.6 cm³/mol. The first kappa shape index (κ1) is 15.9. The first-order chi connectivity index (χ1) is 10.5. The van der Waals surface area contributed by atoms with Gasteiger partial charge in [0, 0.05) is 6.54 Å². The van der Waals surface area contributed by atoms with Crippen LogP contribution in [0, 0.1) is 5.92 Å². The summed E-state index contributed by atoms with van der Waals surface area (Å²) in [6.45, 7) is 4.39. The number of carbonyl (C=O) groups is 2. The minimum Gasteiger partial charge on any atom is -0.454 e. The van der Waals surface area contributed by atoms with Gasteiger partial charge in [-0.05, 0) is 30.0 Å². The van der Waals surface area contributed by atoms with Crippen molar-refractivity contribution in [3.63, 3.8) is 0 Å². The molecule has 1 atom stereocenters. The van der Waals surface area contributed by atoms with E-state index in [1.165, 1.54) is 0 Å². The fourth-order valence-corrected chi connectivity index (χ4v) is 2.22. The highest BCUT2D eigenvalue weighted by atomic mass is 16.7. The number of fused-ring (bicyclic) bond motifs is 1. The molecule has 1 aliphatic rings. The van der Waals surface area contributed by atoms with Crippen molar-refractivity contribution in [2.75, 3.05) is 13.3 Å². The lowest BCUT2D eigenvalue weighted by molar-refractivity contribution is -0.123. The van der Waals surface area contributed by atoms with Gasteiger partial charge in [0.2, 0.25) is 12.7 Å². The highest BCUT2D eigenvalue weighted by molar-refractivity contribution is 5.86. The van der Waals surface area contributed by atoms with Gasteiger partial charge in [-0.2, -0.15) is 0 Å². The van der Waals surface area contributed by atoms with Crippen LogP contribution in [0.3, 0.4) is 0 Å². The average molecular weight is 307 g/mol. The van der Waals surface area contributed by atoms with Crippen LogP contribution >= 0.6 is 0 Å². The second-order valence-corrected chi connectivity index (χ2v) is 5.46. The van der Waals surface area contributed by atoms with Gasteiger partial charge in [0.15, 0.2) is 11.5 Å². The van der Waals surface area contributed by atoms with Crippen LogP contribution in [-0.2, 0) is 11.2 Å². The largest absolute Gasteiger partial charge is 0.454 e. The number of hydrogen-bond acceptors (Lipinski definition) is 4. The van der Waals surface area contributed by atoms with Gasteiger partial charge in [-0.15, -0.1) is 0 Å². The molecule has 1 aromatic carbocycles. The monoisotopic (exact) mass is 307 g/mol. The summed E-state index contributed by atoms with van der Waals surface area (Å²) in [7, 11) is 0.